The molecule has 0 atom stereocenters. The highest BCUT2D eigenvalue weighted by Crippen LogP contribution is 2.10. The van der Waals surface area contributed by atoms with Gasteiger partial charge in [-0.25, -0.2) is 0 Å². The van der Waals surface area contributed by atoms with E-state index >= 15 is 0 Å². The van der Waals surface area contributed by atoms with Crippen molar-refractivity contribution in [3.8, 4) is 0 Å². The van der Waals surface area contributed by atoms with E-state index in [4.69, 9.17) is 0 Å². The van der Waals surface area contributed by atoms with E-state index in [1.165, 1.54) is 6.08 Å². The zero-order valence-electron chi connectivity index (χ0n) is 8.42. The van der Waals surface area contributed by atoms with Crippen LogP contribution in [0.15, 0.2) is 12.7 Å². The molecule has 13 heavy (non-hydrogen) atoms. The largest absolute Gasteiger partial charge is 0.347 e. The first kappa shape index (κ1) is 10.3. The summed E-state index contributed by atoms with van der Waals surface area (Å²) in [6.45, 7) is 10.9. The number of carbonyl (C=O) groups excluding carboxylic acids is 1. The Morgan fingerprint density at radius 1 is 1.69 bits per heavy atom. The van der Waals surface area contributed by atoms with Gasteiger partial charge in [-0.3, -0.25) is 9.69 Å². The van der Waals surface area contributed by atoms with Crippen molar-refractivity contribution in [3.05, 3.63) is 12.7 Å². The summed E-state index contributed by atoms with van der Waals surface area (Å²) < 4.78 is 0. The van der Waals surface area contributed by atoms with E-state index in [0.29, 0.717) is 12.0 Å². The zero-order chi connectivity index (χ0) is 9.84. The fraction of sp³-hybridized carbons (Fsp3) is 0.700. The van der Waals surface area contributed by atoms with Gasteiger partial charge in [0, 0.05) is 19.6 Å². The molecule has 1 heterocycles. The van der Waals surface area contributed by atoms with Gasteiger partial charge in [0.2, 0.25) is 5.91 Å². The van der Waals surface area contributed by atoms with E-state index in [-0.39, 0.29) is 5.91 Å². The van der Waals surface area contributed by atoms with Crippen LogP contribution in [0.5, 0.6) is 0 Å². The third kappa shape index (κ3) is 3.19. The number of nitrogens with zero attached hydrogens (tertiary/aromatic N) is 1. The standard InChI is InChI=1S/C10H18N2O/c1-4-10(13)11-9-6-12(7-9)5-8(2)3/h4,8-9H,1,5-7H2,2-3H3,(H,11,13). The van der Waals surface area contributed by atoms with Crippen LogP contribution in [0.25, 0.3) is 0 Å². The second kappa shape index (κ2) is 4.42. The first-order valence-corrected chi connectivity index (χ1v) is 4.77. The van der Waals surface area contributed by atoms with E-state index in [1.807, 2.05) is 0 Å². The molecule has 3 nitrogen and oxygen atoms in total. The minimum atomic E-state index is -0.0609. The van der Waals surface area contributed by atoms with Crippen LogP contribution in [0, 0.1) is 5.92 Å². The molecule has 1 rings (SSSR count). The SMILES string of the molecule is C=CC(=O)NC1CN(CC(C)C)C1. The lowest BCUT2D eigenvalue weighted by Gasteiger charge is -2.40. The molecule has 1 saturated heterocycles. The molecule has 74 valence electrons. The molecule has 1 N–H and O–H groups in total. The summed E-state index contributed by atoms with van der Waals surface area (Å²) in [6.07, 6.45) is 1.32. The molecule has 0 spiro atoms. The van der Waals surface area contributed by atoms with Gasteiger partial charge < -0.3 is 5.32 Å². The molecule has 0 aromatic heterocycles. The summed E-state index contributed by atoms with van der Waals surface area (Å²) in [5.41, 5.74) is 0. The number of rotatable bonds is 4. The Morgan fingerprint density at radius 3 is 2.77 bits per heavy atom. The second-order valence-corrected chi connectivity index (χ2v) is 4.02. The van der Waals surface area contributed by atoms with E-state index in [1.54, 1.807) is 0 Å². The van der Waals surface area contributed by atoms with Crippen molar-refractivity contribution in [1.82, 2.24) is 10.2 Å². The Labute approximate surface area is 79.8 Å². The summed E-state index contributed by atoms with van der Waals surface area (Å²) >= 11 is 0. The molecule has 0 aromatic rings. The molecule has 0 bridgehead atoms. The lowest BCUT2D eigenvalue weighted by Crippen LogP contribution is -2.59. The third-order valence-corrected chi connectivity index (χ3v) is 2.11. The first-order chi connectivity index (χ1) is 6.11. The first-order valence-electron chi connectivity index (χ1n) is 4.77. The Kier molecular flexibility index (Phi) is 3.48. The number of nitrogens with one attached hydrogen (secondary N) is 1. The van der Waals surface area contributed by atoms with E-state index < -0.39 is 0 Å². The van der Waals surface area contributed by atoms with Crippen LogP contribution in [0.3, 0.4) is 0 Å². The summed E-state index contributed by atoms with van der Waals surface area (Å²) in [6, 6.07) is 0.337. The van der Waals surface area contributed by atoms with Gasteiger partial charge in [-0.15, -0.1) is 0 Å². The molecule has 0 unspecified atom stereocenters. The van der Waals surface area contributed by atoms with Gasteiger partial charge in [0.25, 0.3) is 0 Å². The fourth-order valence-electron chi connectivity index (χ4n) is 1.59. The highest BCUT2D eigenvalue weighted by molar-refractivity contribution is 5.87. The minimum absolute atomic E-state index is 0.0609. The zero-order valence-corrected chi connectivity index (χ0v) is 8.42. The minimum Gasteiger partial charge on any atom is -0.347 e. The van der Waals surface area contributed by atoms with Gasteiger partial charge in [-0.1, -0.05) is 20.4 Å². The van der Waals surface area contributed by atoms with Crippen LogP contribution in [-0.4, -0.2) is 36.5 Å². The molecule has 0 aliphatic carbocycles. The van der Waals surface area contributed by atoms with Gasteiger partial charge in [0.1, 0.15) is 0 Å². The van der Waals surface area contributed by atoms with Crippen molar-refractivity contribution in [3.63, 3.8) is 0 Å². The topological polar surface area (TPSA) is 32.3 Å². The fourth-order valence-corrected chi connectivity index (χ4v) is 1.59. The molecule has 0 aromatic carbocycles. The normalized spacial score (nSPS) is 18.4. The molecular formula is C10H18N2O. The van der Waals surface area contributed by atoms with E-state index in [0.717, 1.165) is 19.6 Å². The van der Waals surface area contributed by atoms with Gasteiger partial charge >= 0.3 is 0 Å². The van der Waals surface area contributed by atoms with Crippen molar-refractivity contribution in [2.24, 2.45) is 5.92 Å². The lowest BCUT2D eigenvalue weighted by molar-refractivity contribution is -0.118. The Hall–Kier alpha value is -0.830. The Bertz CT molecular complexity index is 195. The quantitative estimate of drug-likeness (QED) is 0.647. The van der Waals surface area contributed by atoms with E-state index in [9.17, 15) is 4.79 Å². The molecule has 1 fully saturated rings. The average molecular weight is 182 g/mol. The molecule has 1 amide bonds. The van der Waals surface area contributed by atoms with Crippen LogP contribution in [0.4, 0.5) is 0 Å². The van der Waals surface area contributed by atoms with Crippen LogP contribution in [-0.2, 0) is 4.79 Å². The van der Waals surface area contributed by atoms with Crippen LogP contribution in [0.2, 0.25) is 0 Å². The predicted octanol–water partition coefficient (Wildman–Crippen LogP) is 0.629. The maximum atomic E-state index is 10.9. The van der Waals surface area contributed by atoms with Gasteiger partial charge in [-0.05, 0) is 12.0 Å². The Balaban J connectivity index is 2.11. The summed E-state index contributed by atoms with van der Waals surface area (Å²) in [7, 11) is 0. The average Bonchev–Trinajstić information content (AvgIpc) is 1.99. The van der Waals surface area contributed by atoms with Crippen LogP contribution in [0.1, 0.15) is 13.8 Å². The highest BCUT2D eigenvalue weighted by atomic mass is 16.1. The van der Waals surface area contributed by atoms with Gasteiger partial charge in [0.15, 0.2) is 0 Å². The van der Waals surface area contributed by atoms with Crippen molar-refractivity contribution >= 4 is 5.91 Å². The third-order valence-electron chi connectivity index (χ3n) is 2.11. The molecule has 3 heteroatoms. The predicted molar refractivity (Wildman–Crippen MR) is 53.4 cm³/mol. The number of hydrogen-bond donors (Lipinski definition) is 1. The summed E-state index contributed by atoms with van der Waals surface area (Å²) in [5.74, 6) is 0.644. The maximum absolute atomic E-state index is 10.9. The smallest absolute Gasteiger partial charge is 0.243 e. The molecular weight excluding hydrogens is 164 g/mol. The summed E-state index contributed by atoms with van der Waals surface area (Å²) in [4.78, 5) is 13.2. The molecule has 1 aliphatic heterocycles. The lowest BCUT2D eigenvalue weighted by atomic mass is 10.1. The number of carbonyl (C=O) groups is 1. The van der Waals surface area contributed by atoms with Crippen molar-refractivity contribution in [2.45, 2.75) is 19.9 Å². The number of likely N-dealkylation sites (tertiary alicyclic amines) is 1. The van der Waals surface area contributed by atoms with Gasteiger partial charge in [-0.2, -0.15) is 0 Å². The maximum Gasteiger partial charge on any atom is 0.243 e. The molecule has 1 aliphatic rings. The highest BCUT2D eigenvalue weighted by Gasteiger charge is 2.27. The number of hydrogen-bond acceptors (Lipinski definition) is 2. The molecule has 0 saturated carbocycles. The van der Waals surface area contributed by atoms with Gasteiger partial charge in [0.05, 0.1) is 6.04 Å². The van der Waals surface area contributed by atoms with Crippen LogP contribution >= 0.6 is 0 Å². The molecule has 0 radical (unpaired) electrons. The van der Waals surface area contributed by atoms with Crippen LogP contribution < -0.4 is 5.32 Å². The summed E-state index contributed by atoms with van der Waals surface area (Å²) in [5, 5.41) is 2.87. The second-order valence-electron chi connectivity index (χ2n) is 4.02. The van der Waals surface area contributed by atoms with Crippen molar-refractivity contribution in [2.75, 3.05) is 19.6 Å². The van der Waals surface area contributed by atoms with Crippen molar-refractivity contribution in [1.29, 1.82) is 0 Å². The number of amides is 1. The van der Waals surface area contributed by atoms with Crippen molar-refractivity contribution < 1.29 is 4.79 Å². The Morgan fingerprint density at radius 2 is 2.31 bits per heavy atom. The monoisotopic (exact) mass is 182 g/mol. The van der Waals surface area contributed by atoms with E-state index in [2.05, 4.69) is 30.6 Å².